The van der Waals surface area contributed by atoms with Crippen LogP contribution in [0.2, 0.25) is 5.02 Å². The lowest BCUT2D eigenvalue weighted by Crippen LogP contribution is -2.61. The van der Waals surface area contributed by atoms with Crippen LogP contribution in [0.25, 0.3) is 16.7 Å². The fourth-order valence-electron chi connectivity index (χ4n) is 8.04. The maximum atomic E-state index is 13.8. The third kappa shape index (κ3) is 4.92. The van der Waals surface area contributed by atoms with E-state index in [2.05, 4.69) is 10.3 Å². The molecule has 2 aromatic heterocycles. The second-order valence-electron chi connectivity index (χ2n) is 12.4. The molecule has 0 saturated heterocycles. The first-order valence-electron chi connectivity index (χ1n) is 14.7. The average molecular weight is 598 g/mol. The highest BCUT2D eigenvalue weighted by Gasteiger charge is 2.55. The molecule has 2 N–H and O–H groups in total. The normalized spacial score (nSPS) is 25.6. The number of benzene rings is 2. The predicted molar refractivity (Wildman–Crippen MR) is 163 cm³/mol. The Morgan fingerprint density at radius 2 is 1.81 bits per heavy atom. The Morgan fingerprint density at radius 1 is 1.07 bits per heavy atom. The summed E-state index contributed by atoms with van der Waals surface area (Å²) < 4.78 is 6.77. The van der Waals surface area contributed by atoms with Gasteiger partial charge in [0.25, 0.3) is 5.91 Å². The van der Waals surface area contributed by atoms with Crippen LogP contribution in [0, 0.1) is 17.8 Å². The van der Waals surface area contributed by atoms with Crippen LogP contribution in [0.1, 0.15) is 64.1 Å². The molecule has 4 saturated carbocycles. The van der Waals surface area contributed by atoms with Crippen LogP contribution in [0.4, 0.5) is 0 Å². The second-order valence-corrected chi connectivity index (χ2v) is 12.8. The Morgan fingerprint density at radius 3 is 2.47 bits per heavy atom. The molecule has 4 bridgehead atoms. The first-order valence-corrected chi connectivity index (χ1v) is 15.1. The third-order valence-electron chi connectivity index (χ3n) is 9.62. The number of hydrogen-bond acceptors (Lipinski definition) is 6. The molecule has 9 heteroatoms. The van der Waals surface area contributed by atoms with Gasteiger partial charge in [-0.15, -0.1) is 0 Å². The fraction of sp³-hybridized carbons (Fsp3) is 0.353. The van der Waals surface area contributed by atoms with Crippen molar-refractivity contribution in [1.29, 1.82) is 0 Å². The van der Waals surface area contributed by atoms with Crippen LogP contribution in [0.3, 0.4) is 0 Å². The third-order valence-corrected chi connectivity index (χ3v) is 9.86. The lowest BCUT2D eigenvalue weighted by molar-refractivity contribution is -0.136. The number of hydrogen-bond donors (Lipinski definition) is 2. The standard InChI is InChI=1S/C34H32ClN3O5/c1-43-33(41)30-26(31(39)25-10-9-24(35)15-27(25)38(30)28-4-2-3-11-36-28)14-19-5-7-21(8-6-19)32(40)37-29-22-12-20-13-23(29)18-34(42,16-20)17-22/h2-11,15,20,22-23,29,42H,12-14,16-18H2,1H3,(H,37,40)/t20?,22-,23+,29?,34?. The van der Waals surface area contributed by atoms with Crippen LogP contribution in [0.5, 0.6) is 0 Å². The maximum absolute atomic E-state index is 13.8. The predicted octanol–water partition coefficient (Wildman–Crippen LogP) is 5.09. The number of aromatic nitrogens is 2. The second kappa shape index (κ2) is 10.6. The van der Waals surface area contributed by atoms with Gasteiger partial charge in [-0.25, -0.2) is 9.78 Å². The molecule has 4 fully saturated rings. The molecule has 3 unspecified atom stereocenters. The van der Waals surface area contributed by atoms with Crippen molar-refractivity contribution < 1.29 is 19.4 Å². The molecule has 8 rings (SSSR count). The van der Waals surface area contributed by atoms with Gasteiger partial charge in [0.05, 0.1) is 18.2 Å². The number of aliphatic hydroxyl groups is 1. The minimum atomic E-state index is -0.670. The first kappa shape index (κ1) is 27.8. The van der Waals surface area contributed by atoms with Gasteiger partial charge in [0.2, 0.25) is 0 Å². The van der Waals surface area contributed by atoms with Gasteiger partial charge in [-0.3, -0.25) is 14.2 Å². The summed E-state index contributed by atoms with van der Waals surface area (Å²) in [6.45, 7) is 0. The van der Waals surface area contributed by atoms with Crippen LogP contribution in [0.15, 0.2) is 71.7 Å². The molecule has 0 spiro atoms. The van der Waals surface area contributed by atoms with E-state index in [1.54, 1.807) is 59.3 Å². The molecule has 0 aliphatic heterocycles. The van der Waals surface area contributed by atoms with Crippen molar-refractivity contribution in [2.75, 3.05) is 7.11 Å². The van der Waals surface area contributed by atoms with Crippen LogP contribution < -0.4 is 10.7 Å². The lowest BCUT2D eigenvalue weighted by Gasteiger charge is -2.58. The Kier molecular flexibility index (Phi) is 6.86. The summed E-state index contributed by atoms with van der Waals surface area (Å²) >= 11 is 6.31. The molecule has 0 radical (unpaired) electrons. The lowest BCUT2D eigenvalue weighted by atomic mass is 9.52. The smallest absolute Gasteiger partial charge is 0.355 e. The monoisotopic (exact) mass is 597 g/mol. The molecule has 4 aromatic rings. The zero-order chi connectivity index (χ0) is 29.9. The number of amides is 1. The van der Waals surface area contributed by atoms with Crippen LogP contribution in [-0.2, 0) is 11.2 Å². The van der Waals surface area contributed by atoms with Gasteiger partial charge in [0.1, 0.15) is 11.5 Å². The summed E-state index contributed by atoms with van der Waals surface area (Å²) in [4.78, 5) is 44.8. The van der Waals surface area contributed by atoms with Crippen molar-refractivity contribution in [2.45, 2.75) is 50.2 Å². The number of nitrogens with zero attached hydrogens (tertiary/aromatic N) is 2. The van der Waals surface area contributed by atoms with E-state index >= 15 is 0 Å². The van der Waals surface area contributed by atoms with Crippen molar-refractivity contribution in [2.24, 2.45) is 17.8 Å². The van der Waals surface area contributed by atoms with Gasteiger partial charge in [0.15, 0.2) is 5.43 Å². The number of fused-ring (bicyclic) bond motifs is 1. The maximum Gasteiger partial charge on any atom is 0.355 e. The summed E-state index contributed by atoms with van der Waals surface area (Å²) in [6, 6.07) is 17.5. The van der Waals surface area contributed by atoms with Crippen LogP contribution >= 0.6 is 11.6 Å². The zero-order valence-electron chi connectivity index (χ0n) is 23.8. The number of pyridine rings is 2. The largest absolute Gasteiger partial charge is 0.464 e. The number of nitrogens with one attached hydrogen (secondary N) is 1. The number of carbonyl (C=O) groups excluding carboxylic acids is 2. The van der Waals surface area contributed by atoms with Crippen molar-refractivity contribution in [3.05, 3.63) is 104 Å². The molecule has 220 valence electrons. The molecule has 5 atom stereocenters. The summed E-state index contributed by atoms with van der Waals surface area (Å²) in [5.74, 6) is 0.849. The number of rotatable bonds is 6. The highest BCUT2D eigenvalue weighted by Crippen LogP contribution is 2.55. The van der Waals surface area contributed by atoms with Crippen molar-refractivity contribution in [3.63, 3.8) is 0 Å². The minimum Gasteiger partial charge on any atom is -0.464 e. The zero-order valence-corrected chi connectivity index (χ0v) is 24.5. The number of methoxy groups -OCH3 is 1. The topological polar surface area (TPSA) is 111 Å². The summed E-state index contributed by atoms with van der Waals surface area (Å²) in [7, 11) is 1.28. The van der Waals surface area contributed by atoms with E-state index in [1.807, 2.05) is 12.1 Å². The summed E-state index contributed by atoms with van der Waals surface area (Å²) in [6.07, 6.45) is 6.32. The Bertz CT molecular complexity index is 1790. The molecule has 2 heterocycles. The minimum absolute atomic E-state index is 0.0753. The fourth-order valence-corrected chi connectivity index (χ4v) is 8.20. The van der Waals surface area contributed by atoms with E-state index in [9.17, 15) is 19.5 Å². The van der Waals surface area contributed by atoms with E-state index in [0.29, 0.717) is 45.1 Å². The Balaban J connectivity index is 1.21. The van der Waals surface area contributed by atoms with Gasteiger partial charge in [-0.05, 0) is 97.9 Å². The van der Waals surface area contributed by atoms with E-state index in [0.717, 1.165) is 37.7 Å². The molecule has 1 amide bonds. The highest BCUT2D eigenvalue weighted by molar-refractivity contribution is 6.31. The molecule has 8 nitrogen and oxygen atoms in total. The van der Waals surface area contributed by atoms with Gasteiger partial charge < -0.3 is 15.2 Å². The SMILES string of the molecule is COC(=O)c1c(Cc2ccc(C(=O)NC3[C@@H]4CC5C[C@H]3CC(O)(C5)C4)cc2)c(=O)c2ccc(Cl)cc2n1-c1ccccn1. The van der Waals surface area contributed by atoms with Gasteiger partial charge >= 0.3 is 5.97 Å². The van der Waals surface area contributed by atoms with Crippen molar-refractivity contribution in [3.8, 4) is 5.82 Å². The molecule has 4 aliphatic rings. The van der Waals surface area contributed by atoms with E-state index in [-0.39, 0.29) is 35.1 Å². The van der Waals surface area contributed by atoms with E-state index < -0.39 is 11.6 Å². The summed E-state index contributed by atoms with van der Waals surface area (Å²) in [5.41, 5.74) is 1.23. The number of carbonyl (C=O) groups is 2. The Hall–Kier alpha value is -4.01. The molecule has 2 aromatic carbocycles. The Labute approximate surface area is 253 Å². The highest BCUT2D eigenvalue weighted by atomic mass is 35.5. The van der Waals surface area contributed by atoms with Gasteiger partial charge in [0, 0.05) is 40.2 Å². The van der Waals surface area contributed by atoms with E-state index in [4.69, 9.17) is 16.3 Å². The molecule has 4 aliphatic carbocycles. The van der Waals surface area contributed by atoms with Gasteiger partial charge in [-0.2, -0.15) is 0 Å². The molecule has 43 heavy (non-hydrogen) atoms. The van der Waals surface area contributed by atoms with Crippen molar-refractivity contribution >= 4 is 34.4 Å². The number of halogens is 1. The number of esters is 1. The van der Waals surface area contributed by atoms with Crippen molar-refractivity contribution in [1.82, 2.24) is 14.9 Å². The van der Waals surface area contributed by atoms with Gasteiger partial charge in [-0.1, -0.05) is 29.8 Å². The summed E-state index contributed by atoms with van der Waals surface area (Å²) in [5, 5.41) is 15.0. The molecular formula is C34H32ClN3O5. The average Bonchev–Trinajstić information content (AvgIpc) is 2.99. The molecular weight excluding hydrogens is 566 g/mol. The quantitative estimate of drug-likeness (QED) is 0.300. The van der Waals surface area contributed by atoms with Crippen LogP contribution in [-0.4, -0.2) is 45.3 Å². The first-order chi connectivity index (χ1) is 20.7. The van der Waals surface area contributed by atoms with E-state index in [1.165, 1.54) is 7.11 Å². The number of ether oxygens (including phenoxy) is 1.